The van der Waals surface area contributed by atoms with Crippen molar-refractivity contribution in [3.8, 4) is 5.75 Å². The van der Waals surface area contributed by atoms with Crippen LogP contribution < -0.4 is 10.1 Å². The Kier molecular flexibility index (Phi) is 5.44. The van der Waals surface area contributed by atoms with E-state index in [0.717, 1.165) is 6.42 Å². The molecular formula is C16H19ClN2O3. The second-order valence-electron chi connectivity index (χ2n) is 5.07. The largest absolute Gasteiger partial charge is 0.487 e. The second-order valence-corrected chi connectivity index (χ2v) is 5.47. The van der Waals surface area contributed by atoms with Gasteiger partial charge in [0.05, 0.1) is 10.6 Å². The van der Waals surface area contributed by atoms with Gasteiger partial charge in [0.1, 0.15) is 18.1 Å². The van der Waals surface area contributed by atoms with Crippen LogP contribution in [0.1, 0.15) is 42.1 Å². The Labute approximate surface area is 134 Å². The lowest BCUT2D eigenvalue weighted by atomic mass is 10.2. The van der Waals surface area contributed by atoms with Crippen molar-refractivity contribution in [1.29, 1.82) is 0 Å². The Morgan fingerprint density at radius 1 is 1.45 bits per heavy atom. The Morgan fingerprint density at radius 2 is 2.18 bits per heavy atom. The summed E-state index contributed by atoms with van der Waals surface area (Å²) >= 11 is 6.05. The maximum absolute atomic E-state index is 12.2. The maximum atomic E-state index is 12.2. The number of hydrogen-bond acceptors (Lipinski definition) is 4. The van der Waals surface area contributed by atoms with Gasteiger partial charge in [-0.25, -0.2) is 0 Å². The van der Waals surface area contributed by atoms with Gasteiger partial charge in [-0.3, -0.25) is 4.79 Å². The number of nitrogens with zero attached hydrogens (tertiary/aromatic N) is 1. The molecule has 0 saturated carbocycles. The molecule has 0 bridgehead atoms. The molecule has 1 unspecified atom stereocenters. The van der Waals surface area contributed by atoms with Gasteiger partial charge in [-0.1, -0.05) is 35.8 Å². The summed E-state index contributed by atoms with van der Waals surface area (Å²) in [7, 11) is 0. The van der Waals surface area contributed by atoms with Crippen molar-refractivity contribution in [3.05, 3.63) is 46.3 Å². The third-order valence-electron chi connectivity index (χ3n) is 3.40. The summed E-state index contributed by atoms with van der Waals surface area (Å²) in [6, 6.07) is 7.24. The smallest absolute Gasteiger partial charge is 0.274 e. The van der Waals surface area contributed by atoms with E-state index in [2.05, 4.69) is 10.5 Å². The topological polar surface area (TPSA) is 64.4 Å². The molecule has 1 N–H and O–H groups in total. The van der Waals surface area contributed by atoms with Crippen LogP contribution >= 0.6 is 11.6 Å². The fourth-order valence-corrected chi connectivity index (χ4v) is 2.04. The van der Waals surface area contributed by atoms with Crippen molar-refractivity contribution in [2.75, 3.05) is 0 Å². The predicted molar refractivity (Wildman–Crippen MR) is 84.2 cm³/mol. The molecule has 5 nitrogen and oxygen atoms in total. The van der Waals surface area contributed by atoms with Gasteiger partial charge in [0.2, 0.25) is 0 Å². The summed E-state index contributed by atoms with van der Waals surface area (Å²) in [5.41, 5.74) is 0.880. The number of aromatic nitrogens is 1. The average molecular weight is 323 g/mol. The summed E-state index contributed by atoms with van der Waals surface area (Å²) in [4.78, 5) is 12.2. The molecule has 1 aromatic heterocycles. The van der Waals surface area contributed by atoms with E-state index in [1.165, 1.54) is 0 Å². The number of carbonyl (C=O) groups is 1. The van der Waals surface area contributed by atoms with Crippen molar-refractivity contribution in [1.82, 2.24) is 10.5 Å². The van der Waals surface area contributed by atoms with E-state index in [-0.39, 0.29) is 24.2 Å². The predicted octanol–water partition coefficient (Wildman–Crippen LogP) is 3.74. The number of para-hydroxylation sites is 1. The van der Waals surface area contributed by atoms with Gasteiger partial charge in [-0.2, -0.15) is 0 Å². The van der Waals surface area contributed by atoms with Crippen LogP contribution in [0.3, 0.4) is 0 Å². The molecule has 2 rings (SSSR count). The van der Waals surface area contributed by atoms with Crippen molar-refractivity contribution < 1.29 is 14.1 Å². The molecule has 0 aliphatic heterocycles. The number of rotatable bonds is 6. The van der Waals surface area contributed by atoms with E-state index in [0.29, 0.717) is 22.1 Å². The van der Waals surface area contributed by atoms with Gasteiger partial charge in [-0.15, -0.1) is 0 Å². The van der Waals surface area contributed by atoms with E-state index >= 15 is 0 Å². The first-order chi connectivity index (χ1) is 10.5. The quantitative estimate of drug-likeness (QED) is 0.879. The number of benzene rings is 1. The van der Waals surface area contributed by atoms with E-state index in [9.17, 15) is 4.79 Å². The molecule has 1 amide bonds. The van der Waals surface area contributed by atoms with Crippen molar-refractivity contribution in [2.24, 2.45) is 0 Å². The molecule has 1 heterocycles. The molecule has 118 valence electrons. The first kappa shape index (κ1) is 16.4. The molecule has 0 radical (unpaired) electrons. The maximum Gasteiger partial charge on any atom is 0.274 e. The Morgan fingerprint density at radius 3 is 2.86 bits per heavy atom. The minimum atomic E-state index is -0.260. The Hall–Kier alpha value is -2.01. The highest BCUT2D eigenvalue weighted by atomic mass is 35.5. The van der Waals surface area contributed by atoms with Crippen LogP contribution in [0, 0.1) is 6.92 Å². The number of carbonyl (C=O) groups excluding carboxylic acids is 1. The van der Waals surface area contributed by atoms with E-state index in [1.54, 1.807) is 19.1 Å². The summed E-state index contributed by atoms with van der Waals surface area (Å²) < 4.78 is 10.8. The third kappa shape index (κ3) is 3.80. The molecule has 0 saturated heterocycles. The summed E-state index contributed by atoms with van der Waals surface area (Å²) in [5.74, 6) is 0.850. The van der Waals surface area contributed by atoms with Gasteiger partial charge >= 0.3 is 0 Å². The van der Waals surface area contributed by atoms with Gasteiger partial charge < -0.3 is 14.6 Å². The minimum Gasteiger partial charge on any atom is -0.487 e. The SMILES string of the molecule is CCC(C)NC(=O)c1noc(C)c1COc1ccccc1Cl. The van der Waals surface area contributed by atoms with Crippen LogP contribution in [0.25, 0.3) is 0 Å². The fraction of sp³-hybridized carbons (Fsp3) is 0.375. The molecule has 1 atom stereocenters. The second kappa shape index (κ2) is 7.31. The molecule has 1 aromatic carbocycles. The van der Waals surface area contributed by atoms with Crippen LogP contribution in [-0.2, 0) is 6.61 Å². The Bertz CT molecular complexity index is 655. The van der Waals surface area contributed by atoms with Crippen LogP contribution in [0.2, 0.25) is 5.02 Å². The lowest BCUT2D eigenvalue weighted by Crippen LogP contribution is -2.32. The van der Waals surface area contributed by atoms with Crippen LogP contribution in [0.15, 0.2) is 28.8 Å². The number of amides is 1. The van der Waals surface area contributed by atoms with Crippen LogP contribution in [0.4, 0.5) is 0 Å². The normalized spacial score (nSPS) is 12.0. The van der Waals surface area contributed by atoms with Crippen molar-refractivity contribution >= 4 is 17.5 Å². The standard InChI is InChI=1S/C16H19ClN2O3/c1-4-10(2)18-16(20)15-12(11(3)22-19-15)9-21-14-8-6-5-7-13(14)17/h5-8,10H,4,9H2,1-3H3,(H,18,20). The van der Waals surface area contributed by atoms with Crippen LogP contribution in [0.5, 0.6) is 5.75 Å². The molecule has 0 aliphatic carbocycles. The van der Waals surface area contributed by atoms with E-state index in [4.69, 9.17) is 20.9 Å². The first-order valence-corrected chi connectivity index (χ1v) is 7.54. The van der Waals surface area contributed by atoms with E-state index < -0.39 is 0 Å². The third-order valence-corrected chi connectivity index (χ3v) is 3.71. The Balaban J connectivity index is 2.13. The molecule has 0 aliphatic rings. The highest BCUT2D eigenvalue weighted by molar-refractivity contribution is 6.32. The number of halogens is 1. The summed E-state index contributed by atoms with van der Waals surface area (Å²) in [6.07, 6.45) is 0.841. The lowest BCUT2D eigenvalue weighted by Gasteiger charge is -2.11. The molecule has 0 spiro atoms. The number of nitrogens with one attached hydrogen (secondary N) is 1. The van der Waals surface area contributed by atoms with Gasteiger partial charge in [0.15, 0.2) is 5.69 Å². The molecule has 0 fully saturated rings. The average Bonchev–Trinajstić information content (AvgIpc) is 2.87. The zero-order valence-electron chi connectivity index (χ0n) is 12.9. The molecule has 6 heteroatoms. The van der Waals surface area contributed by atoms with Crippen molar-refractivity contribution in [3.63, 3.8) is 0 Å². The minimum absolute atomic E-state index is 0.0712. The van der Waals surface area contributed by atoms with Crippen molar-refractivity contribution in [2.45, 2.75) is 39.8 Å². The molecular weight excluding hydrogens is 304 g/mol. The molecule has 2 aromatic rings. The van der Waals surface area contributed by atoms with Gasteiger partial charge in [0, 0.05) is 6.04 Å². The molecule has 22 heavy (non-hydrogen) atoms. The first-order valence-electron chi connectivity index (χ1n) is 7.16. The van der Waals surface area contributed by atoms with Crippen LogP contribution in [-0.4, -0.2) is 17.1 Å². The monoisotopic (exact) mass is 322 g/mol. The summed E-state index contributed by atoms with van der Waals surface area (Å²) in [6.45, 7) is 5.85. The van der Waals surface area contributed by atoms with Gasteiger partial charge in [0.25, 0.3) is 5.91 Å². The van der Waals surface area contributed by atoms with E-state index in [1.807, 2.05) is 26.0 Å². The zero-order valence-corrected chi connectivity index (χ0v) is 13.6. The number of aryl methyl sites for hydroxylation is 1. The number of hydrogen-bond donors (Lipinski definition) is 1. The highest BCUT2D eigenvalue weighted by Crippen LogP contribution is 2.25. The zero-order chi connectivity index (χ0) is 16.1. The van der Waals surface area contributed by atoms with Gasteiger partial charge in [-0.05, 0) is 32.4 Å². The summed E-state index contributed by atoms with van der Waals surface area (Å²) in [5, 5.41) is 7.22. The highest BCUT2D eigenvalue weighted by Gasteiger charge is 2.21. The number of ether oxygens (including phenoxy) is 1. The fourth-order valence-electron chi connectivity index (χ4n) is 1.85. The lowest BCUT2D eigenvalue weighted by molar-refractivity contribution is 0.0928.